The van der Waals surface area contributed by atoms with Gasteiger partial charge in [0.1, 0.15) is 0 Å². The Hall–Kier alpha value is -0.870. The molecule has 2 heterocycles. The minimum Gasteiger partial charge on any atom is -0.382 e. The number of fused-ring (bicyclic) bond motifs is 1. The number of rotatable bonds is 3. The van der Waals surface area contributed by atoms with Crippen molar-refractivity contribution in [3.05, 3.63) is 17.7 Å². The van der Waals surface area contributed by atoms with E-state index < -0.39 is 0 Å². The van der Waals surface area contributed by atoms with Gasteiger partial charge in [0.25, 0.3) is 0 Å². The molecular formula is C12H21N3O. The standard InChI is InChI=1S/C12H21N3O/c1-9(2)12(7-16-4)11-10(5-6-14-12)13-8-15(11)3/h8-9,14H,5-7H2,1-4H3. The molecule has 16 heavy (non-hydrogen) atoms. The second-order valence-electron chi connectivity index (χ2n) is 4.89. The maximum absolute atomic E-state index is 5.42. The molecule has 90 valence electrons. The van der Waals surface area contributed by atoms with Crippen molar-refractivity contribution >= 4 is 0 Å². The molecule has 0 radical (unpaired) electrons. The quantitative estimate of drug-likeness (QED) is 0.833. The topological polar surface area (TPSA) is 39.1 Å². The summed E-state index contributed by atoms with van der Waals surface area (Å²) in [6.45, 7) is 6.13. The van der Waals surface area contributed by atoms with Gasteiger partial charge in [0, 0.05) is 27.1 Å². The molecule has 0 aromatic carbocycles. The number of ether oxygens (including phenoxy) is 1. The number of imidazole rings is 1. The van der Waals surface area contributed by atoms with Crippen LogP contribution in [0.5, 0.6) is 0 Å². The predicted octanol–water partition coefficient (Wildman–Crippen LogP) is 1.06. The summed E-state index contributed by atoms with van der Waals surface area (Å²) in [5, 5.41) is 3.63. The molecule has 1 unspecified atom stereocenters. The molecule has 0 saturated heterocycles. The first-order valence-electron chi connectivity index (χ1n) is 5.86. The number of aromatic nitrogens is 2. The Kier molecular flexibility index (Phi) is 3.04. The van der Waals surface area contributed by atoms with Crippen LogP contribution < -0.4 is 5.32 Å². The lowest BCUT2D eigenvalue weighted by atomic mass is 9.80. The lowest BCUT2D eigenvalue weighted by molar-refractivity contribution is 0.0664. The minimum atomic E-state index is -0.0897. The van der Waals surface area contributed by atoms with Gasteiger partial charge in [0.05, 0.1) is 29.9 Å². The van der Waals surface area contributed by atoms with E-state index in [1.165, 1.54) is 11.4 Å². The van der Waals surface area contributed by atoms with Crippen LogP contribution in [0.25, 0.3) is 0 Å². The van der Waals surface area contributed by atoms with Gasteiger partial charge in [-0.1, -0.05) is 13.8 Å². The molecule has 0 spiro atoms. The van der Waals surface area contributed by atoms with Crippen molar-refractivity contribution in [1.29, 1.82) is 0 Å². The van der Waals surface area contributed by atoms with E-state index in [4.69, 9.17) is 4.74 Å². The molecule has 1 atom stereocenters. The fraction of sp³-hybridized carbons (Fsp3) is 0.750. The monoisotopic (exact) mass is 223 g/mol. The van der Waals surface area contributed by atoms with Crippen molar-refractivity contribution in [2.24, 2.45) is 13.0 Å². The van der Waals surface area contributed by atoms with E-state index in [0.717, 1.165) is 13.0 Å². The summed E-state index contributed by atoms with van der Waals surface area (Å²) in [6, 6.07) is 0. The zero-order valence-electron chi connectivity index (χ0n) is 10.6. The summed E-state index contributed by atoms with van der Waals surface area (Å²) in [5.74, 6) is 0.474. The van der Waals surface area contributed by atoms with Crippen molar-refractivity contribution in [2.45, 2.75) is 25.8 Å². The van der Waals surface area contributed by atoms with Crippen molar-refractivity contribution in [2.75, 3.05) is 20.3 Å². The summed E-state index contributed by atoms with van der Waals surface area (Å²) in [5.41, 5.74) is 2.41. The molecule has 0 bridgehead atoms. The maximum atomic E-state index is 5.42. The van der Waals surface area contributed by atoms with E-state index in [-0.39, 0.29) is 5.54 Å². The summed E-state index contributed by atoms with van der Waals surface area (Å²) >= 11 is 0. The molecule has 1 N–H and O–H groups in total. The third kappa shape index (κ3) is 1.57. The van der Waals surface area contributed by atoms with Crippen LogP contribution in [0.3, 0.4) is 0 Å². The highest BCUT2D eigenvalue weighted by Crippen LogP contribution is 2.34. The van der Waals surface area contributed by atoms with Gasteiger partial charge in [-0.15, -0.1) is 0 Å². The highest BCUT2D eigenvalue weighted by molar-refractivity contribution is 5.27. The first-order valence-corrected chi connectivity index (χ1v) is 5.86. The molecule has 0 amide bonds. The van der Waals surface area contributed by atoms with Crippen LogP contribution in [-0.4, -0.2) is 29.8 Å². The number of nitrogens with one attached hydrogen (secondary N) is 1. The van der Waals surface area contributed by atoms with Gasteiger partial charge < -0.3 is 14.6 Å². The van der Waals surface area contributed by atoms with Crippen LogP contribution in [0.15, 0.2) is 6.33 Å². The summed E-state index contributed by atoms with van der Waals surface area (Å²) in [4.78, 5) is 4.48. The molecule has 1 aliphatic heterocycles. The average Bonchev–Trinajstić information content (AvgIpc) is 2.62. The Morgan fingerprint density at radius 3 is 3.00 bits per heavy atom. The normalized spacial score (nSPS) is 24.8. The highest BCUT2D eigenvalue weighted by Gasteiger charge is 2.42. The Morgan fingerprint density at radius 2 is 2.38 bits per heavy atom. The van der Waals surface area contributed by atoms with Crippen molar-refractivity contribution in [3.63, 3.8) is 0 Å². The van der Waals surface area contributed by atoms with E-state index >= 15 is 0 Å². The summed E-state index contributed by atoms with van der Waals surface area (Å²) in [6.07, 6.45) is 2.92. The molecule has 0 aliphatic carbocycles. The van der Waals surface area contributed by atoms with Gasteiger partial charge in [-0.3, -0.25) is 0 Å². The molecule has 4 nitrogen and oxygen atoms in total. The van der Waals surface area contributed by atoms with E-state index in [9.17, 15) is 0 Å². The molecule has 1 aromatic heterocycles. The van der Waals surface area contributed by atoms with Gasteiger partial charge in [-0.25, -0.2) is 4.98 Å². The summed E-state index contributed by atoms with van der Waals surface area (Å²) < 4.78 is 7.55. The van der Waals surface area contributed by atoms with Crippen LogP contribution in [-0.2, 0) is 23.7 Å². The SMILES string of the molecule is COCC1(C(C)C)NCCc2ncn(C)c21. The van der Waals surface area contributed by atoms with Crippen molar-refractivity contribution < 1.29 is 4.74 Å². The Labute approximate surface area is 97.0 Å². The number of methoxy groups -OCH3 is 1. The second kappa shape index (κ2) is 4.18. The fourth-order valence-electron chi connectivity index (χ4n) is 2.71. The first-order chi connectivity index (χ1) is 7.62. The van der Waals surface area contributed by atoms with Gasteiger partial charge in [-0.2, -0.15) is 0 Å². The Balaban J connectivity index is 2.51. The highest BCUT2D eigenvalue weighted by atomic mass is 16.5. The zero-order valence-corrected chi connectivity index (χ0v) is 10.6. The van der Waals surface area contributed by atoms with Gasteiger partial charge >= 0.3 is 0 Å². The summed E-state index contributed by atoms with van der Waals surface area (Å²) in [7, 11) is 3.82. The van der Waals surface area contributed by atoms with Crippen LogP contribution in [0.2, 0.25) is 0 Å². The van der Waals surface area contributed by atoms with Gasteiger partial charge in [0.2, 0.25) is 0 Å². The minimum absolute atomic E-state index is 0.0897. The van der Waals surface area contributed by atoms with E-state index in [2.05, 4.69) is 35.8 Å². The molecule has 1 aliphatic rings. The number of aryl methyl sites for hydroxylation is 1. The number of hydrogen-bond donors (Lipinski definition) is 1. The Morgan fingerprint density at radius 1 is 1.62 bits per heavy atom. The lowest BCUT2D eigenvalue weighted by Crippen LogP contribution is -2.55. The molecule has 1 aromatic rings. The van der Waals surface area contributed by atoms with Crippen LogP contribution in [0.4, 0.5) is 0 Å². The lowest BCUT2D eigenvalue weighted by Gasteiger charge is -2.41. The smallest absolute Gasteiger partial charge is 0.0949 e. The maximum Gasteiger partial charge on any atom is 0.0949 e. The van der Waals surface area contributed by atoms with Crippen LogP contribution in [0.1, 0.15) is 25.2 Å². The van der Waals surface area contributed by atoms with Crippen molar-refractivity contribution in [1.82, 2.24) is 14.9 Å². The third-order valence-electron chi connectivity index (χ3n) is 3.60. The molecule has 0 fully saturated rings. The van der Waals surface area contributed by atoms with Gasteiger partial charge in [-0.05, 0) is 5.92 Å². The molecule has 2 rings (SSSR count). The van der Waals surface area contributed by atoms with E-state index in [1.54, 1.807) is 7.11 Å². The largest absolute Gasteiger partial charge is 0.382 e. The number of hydrogen-bond acceptors (Lipinski definition) is 3. The van der Waals surface area contributed by atoms with Crippen LogP contribution in [0, 0.1) is 5.92 Å². The zero-order chi connectivity index (χ0) is 11.8. The molecule has 4 heteroatoms. The van der Waals surface area contributed by atoms with Crippen LogP contribution >= 0.6 is 0 Å². The van der Waals surface area contributed by atoms with Gasteiger partial charge in [0.15, 0.2) is 0 Å². The fourth-order valence-corrected chi connectivity index (χ4v) is 2.71. The van der Waals surface area contributed by atoms with E-state index in [1.807, 2.05) is 6.33 Å². The molecule has 0 saturated carbocycles. The van der Waals surface area contributed by atoms with E-state index in [0.29, 0.717) is 12.5 Å². The average molecular weight is 223 g/mol. The Bertz CT molecular complexity index is 372. The molecular weight excluding hydrogens is 202 g/mol. The number of nitrogens with zero attached hydrogens (tertiary/aromatic N) is 2. The van der Waals surface area contributed by atoms with Crippen molar-refractivity contribution in [3.8, 4) is 0 Å². The third-order valence-corrected chi connectivity index (χ3v) is 3.60. The second-order valence-corrected chi connectivity index (χ2v) is 4.89. The predicted molar refractivity (Wildman–Crippen MR) is 63.3 cm³/mol. The first kappa shape index (κ1) is 11.6.